The molecule has 3 rings (SSSR count). The van der Waals surface area contributed by atoms with Crippen molar-refractivity contribution in [3.63, 3.8) is 0 Å². The van der Waals surface area contributed by atoms with Crippen molar-refractivity contribution < 1.29 is 4.79 Å². The molecule has 0 bridgehead atoms. The lowest BCUT2D eigenvalue weighted by molar-refractivity contribution is -0.122. The molecule has 1 aromatic carbocycles. The van der Waals surface area contributed by atoms with Crippen molar-refractivity contribution in [2.75, 3.05) is 18.0 Å². The lowest BCUT2D eigenvalue weighted by Gasteiger charge is -2.27. The molecule has 25 heavy (non-hydrogen) atoms. The third kappa shape index (κ3) is 4.56. The van der Waals surface area contributed by atoms with E-state index in [9.17, 15) is 4.79 Å². The lowest BCUT2D eigenvalue weighted by Crippen LogP contribution is -2.32. The van der Waals surface area contributed by atoms with Crippen LogP contribution in [-0.4, -0.2) is 29.0 Å². The van der Waals surface area contributed by atoms with Gasteiger partial charge in [0.25, 0.3) is 0 Å². The smallest absolute Gasteiger partial charge is 0.227 e. The van der Waals surface area contributed by atoms with Gasteiger partial charge in [-0.15, -0.1) is 0 Å². The second kappa shape index (κ2) is 8.60. The number of carbonyl (C=O) groups excluding carboxylic acids is 1. The van der Waals surface area contributed by atoms with Crippen LogP contribution < -0.4 is 10.2 Å². The molecule has 1 atom stereocenters. The molecular formula is C20H26N4O. The molecule has 1 aromatic heterocycles. The average Bonchev–Trinajstić information content (AvgIpc) is 2.69. The van der Waals surface area contributed by atoms with Crippen LogP contribution in [-0.2, 0) is 11.3 Å². The van der Waals surface area contributed by atoms with Gasteiger partial charge in [0, 0.05) is 19.3 Å². The summed E-state index contributed by atoms with van der Waals surface area (Å²) in [5, 5.41) is 3.00. The highest BCUT2D eigenvalue weighted by Gasteiger charge is 2.18. The Balaban J connectivity index is 1.61. The number of rotatable bonds is 6. The van der Waals surface area contributed by atoms with E-state index in [0.29, 0.717) is 12.4 Å². The van der Waals surface area contributed by atoms with E-state index in [4.69, 9.17) is 0 Å². The molecule has 132 valence electrons. The van der Waals surface area contributed by atoms with Crippen LogP contribution >= 0.6 is 0 Å². The largest absolute Gasteiger partial charge is 0.357 e. The first-order chi connectivity index (χ1) is 12.3. The standard InChI is InChI=1S/C20H26N4O/c1-2-17(16-9-5-3-6-10-16)20(25)22-15-18-21-12-11-19(23-18)24-13-7-4-8-14-24/h3,5-6,9-12,17H,2,4,7-8,13-15H2,1H3,(H,22,25). The predicted molar refractivity (Wildman–Crippen MR) is 99.4 cm³/mol. The van der Waals surface area contributed by atoms with E-state index < -0.39 is 0 Å². The minimum absolute atomic E-state index is 0.0284. The summed E-state index contributed by atoms with van der Waals surface area (Å²) in [7, 11) is 0. The summed E-state index contributed by atoms with van der Waals surface area (Å²) < 4.78 is 0. The van der Waals surface area contributed by atoms with Gasteiger partial charge in [-0.1, -0.05) is 37.3 Å². The van der Waals surface area contributed by atoms with Crippen molar-refractivity contribution in [3.05, 3.63) is 54.0 Å². The number of nitrogens with zero attached hydrogens (tertiary/aromatic N) is 3. The Kier molecular flexibility index (Phi) is 5.99. The topological polar surface area (TPSA) is 58.1 Å². The van der Waals surface area contributed by atoms with E-state index in [0.717, 1.165) is 30.9 Å². The molecule has 2 aromatic rings. The van der Waals surface area contributed by atoms with E-state index >= 15 is 0 Å². The van der Waals surface area contributed by atoms with E-state index in [1.807, 2.05) is 43.3 Å². The predicted octanol–water partition coefficient (Wildman–Crippen LogP) is 3.28. The second-order valence-corrected chi connectivity index (χ2v) is 6.47. The summed E-state index contributed by atoms with van der Waals surface area (Å²) >= 11 is 0. The van der Waals surface area contributed by atoms with Gasteiger partial charge in [-0.25, -0.2) is 9.97 Å². The summed E-state index contributed by atoms with van der Waals surface area (Å²) in [6, 6.07) is 11.9. The Morgan fingerprint density at radius 3 is 2.64 bits per heavy atom. The Bertz CT molecular complexity index is 683. The molecular weight excluding hydrogens is 312 g/mol. The first-order valence-electron chi connectivity index (χ1n) is 9.17. The lowest BCUT2D eigenvalue weighted by atomic mass is 9.96. The van der Waals surface area contributed by atoms with Gasteiger partial charge in [-0.3, -0.25) is 4.79 Å². The van der Waals surface area contributed by atoms with Crippen LogP contribution in [0.1, 0.15) is 49.9 Å². The van der Waals surface area contributed by atoms with Gasteiger partial charge in [0.1, 0.15) is 11.6 Å². The highest BCUT2D eigenvalue weighted by atomic mass is 16.1. The molecule has 5 nitrogen and oxygen atoms in total. The zero-order chi connectivity index (χ0) is 17.5. The molecule has 1 amide bonds. The summed E-state index contributed by atoms with van der Waals surface area (Å²) in [5.41, 5.74) is 1.05. The minimum Gasteiger partial charge on any atom is -0.357 e. The van der Waals surface area contributed by atoms with Crippen molar-refractivity contribution in [2.45, 2.75) is 45.1 Å². The van der Waals surface area contributed by atoms with Crippen LogP contribution in [0.5, 0.6) is 0 Å². The minimum atomic E-state index is -0.133. The zero-order valence-corrected chi connectivity index (χ0v) is 14.8. The molecule has 0 saturated carbocycles. The van der Waals surface area contributed by atoms with Crippen molar-refractivity contribution in [2.24, 2.45) is 0 Å². The van der Waals surface area contributed by atoms with Crippen molar-refractivity contribution >= 4 is 11.7 Å². The van der Waals surface area contributed by atoms with E-state index in [1.165, 1.54) is 19.3 Å². The molecule has 1 unspecified atom stereocenters. The fourth-order valence-electron chi connectivity index (χ4n) is 3.32. The fraction of sp³-hybridized carbons (Fsp3) is 0.450. The summed E-state index contributed by atoms with van der Waals surface area (Å²) in [6.07, 6.45) is 6.27. The number of hydrogen-bond acceptors (Lipinski definition) is 4. The number of amides is 1. The SMILES string of the molecule is CCC(C(=O)NCc1nccc(N2CCCCC2)n1)c1ccccc1. The molecule has 0 radical (unpaired) electrons. The van der Waals surface area contributed by atoms with Gasteiger partial charge >= 0.3 is 0 Å². The molecule has 1 aliphatic rings. The van der Waals surface area contributed by atoms with Crippen LogP contribution in [0.15, 0.2) is 42.6 Å². The first kappa shape index (κ1) is 17.4. The summed E-state index contributed by atoms with van der Waals surface area (Å²) in [6.45, 7) is 4.50. The van der Waals surface area contributed by atoms with E-state index in [2.05, 4.69) is 20.2 Å². The number of carbonyl (C=O) groups is 1. The fourth-order valence-corrected chi connectivity index (χ4v) is 3.32. The maximum atomic E-state index is 12.6. The number of hydrogen-bond donors (Lipinski definition) is 1. The van der Waals surface area contributed by atoms with Crippen LogP contribution in [0.3, 0.4) is 0 Å². The second-order valence-electron chi connectivity index (χ2n) is 6.47. The van der Waals surface area contributed by atoms with Gasteiger partial charge in [-0.05, 0) is 37.3 Å². The maximum absolute atomic E-state index is 12.6. The molecule has 0 spiro atoms. The van der Waals surface area contributed by atoms with Crippen LogP contribution in [0.4, 0.5) is 5.82 Å². The van der Waals surface area contributed by atoms with Crippen LogP contribution in [0, 0.1) is 0 Å². The number of aromatic nitrogens is 2. The number of nitrogens with one attached hydrogen (secondary N) is 1. The molecule has 5 heteroatoms. The van der Waals surface area contributed by atoms with Crippen LogP contribution in [0.2, 0.25) is 0 Å². The number of benzene rings is 1. The summed E-state index contributed by atoms with van der Waals surface area (Å²) in [5.74, 6) is 1.53. The van der Waals surface area contributed by atoms with Gasteiger partial charge < -0.3 is 10.2 Å². The number of anilines is 1. The third-order valence-electron chi connectivity index (χ3n) is 4.72. The quantitative estimate of drug-likeness (QED) is 0.878. The highest BCUT2D eigenvalue weighted by molar-refractivity contribution is 5.83. The Hall–Kier alpha value is -2.43. The van der Waals surface area contributed by atoms with E-state index in [-0.39, 0.29) is 11.8 Å². The molecule has 1 fully saturated rings. The van der Waals surface area contributed by atoms with Crippen molar-refractivity contribution in [1.29, 1.82) is 0 Å². The average molecular weight is 338 g/mol. The monoisotopic (exact) mass is 338 g/mol. The van der Waals surface area contributed by atoms with Gasteiger partial charge in [-0.2, -0.15) is 0 Å². The molecule has 0 aliphatic carbocycles. The Morgan fingerprint density at radius 2 is 1.92 bits per heavy atom. The first-order valence-corrected chi connectivity index (χ1v) is 9.17. The zero-order valence-electron chi connectivity index (χ0n) is 14.8. The maximum Gasteiger partial charge on any atom is 0.227 e. The molecule has 1 N–H and O–H groups in total. The van der Waals surface area contributed by atoms with Gasteiger partial charge in [0.15, 0.2) is 0 Å². The van der Waals surface area contributed by atoms with Crippen LogP contribution in [0.25, 0.3) is 0 Å². The molecule has 1 saturated heterocycles. The van der Waals surface area contributed by atoms with Gasteiger partial charge in [0.2, 0.25) is 5.91 Å². The van der Waals surface area contributed by atoms with Gasteiger partial charge in [0.05, 0.1) is 12.5 Å². The summed E-state index contributed by atoms with van der Waals surface area (Å²) in [4.78, 5) is 23.8. The van der Waals surface area contributed by atoms with Crippen molar-refractivity contribution in [1.82, 2.24) is 15.3 Å². The highest BCUT2D eigenvalue weighted by Crippen LogP contribution is 2.20. The molecule has 1 aliphatic heterocycles. The Labute approximate surface area is 149 Å². The number of piperidine rings is 1. The molecule has 2 heterocycles. The van der Waals surface area contributed by atoms with E-state index in [1.54, 1.807) is 6.20 Å². The van der Waals surface area contributed by atoms with Crippen molar-refractivity contribution in [3.8, 4) is 0 Å². The normalized spacial score (nSPS) is 15.6. The Morgan fingerprint density at radius 1 is 1.16 bits per heavy atom. The third-order valence-corrected chi connectivity index (χ3v) is 4.72.